The molecule has 0 aliphatic carbocycles. The third kappa shape index (κ3) is 8.43. The van der Waals surface area contributed by atoms with Gasteiger partial charge in [0.15, 0.2) is 0 Å². The van der Waals surface area contributed by atoms with E-state index in [-0.39, 0.29) is 0 Å². The van der Waals surface area contributed by atoms with Crippen LogP contribution in [0.25, 0.3) is 0 Å². The lowest BCUT2D eigenvalue weighted by molar-refractivity contribution is 0.0942. The fourth-order valence-electron chi connectivity index (χ4n) is 3.40. The van der Waals surface area contributed by atoms with Crippen LogP contribution in [0.1, 0.15) is 74.7 Å². The molecule has 0 N–H and O–H groups in total. The number of rotatable bonds is 8. The molecule has 0 aromatic carbocycles. The van der Waals surface area contributed by atoms with Gasteiger partial charge in [-0.25, -0.2) is 0 Å². The summed E-state index contributed by atoms with van der Waals surface area (Å²) in [6.45, 7) is 27.1. The maximum Gasteiger partial charge on any atom is 0.0442 e. The van der Waals surface area contributed by atoms with E-state index < -0.39 is 8.07 Å². The van der Waals surface area contributed by atoms with Crippen molar-refractivity contribution < 1.29 is 0 Å². The molecule has 0 bridgehead atoms. The summed E-state index contributed by atoms with van der Waals surface area (Å²) in [7, 11) is -0.930. The van der Waals surface area contributed by atoms with E-state index in [9.17, 15) is 0 Å². The molecule has 0 aliphatic rings. The van der Waals surface area contributed by atoms with Crippen LogP contribution in [0.2, 0.25) is 25.7 Å². The third-order valence-corrected chi connectivity index (χ3v) is 7.60. The van der Waals surface area contributed by atoms with Crippen molar-refractivity contribution in [3.8, 4) is 0 Å². The highest BCUT2D eigenvalue weighted by atomic mass is 28.3. The van der Waals surface area contributed by atoms with Crippen molar-refractivity contribution in [3.63, 3.8) is 0 Å². The van der Waals surface area contributed by atoms with Crippen molar-refractivity contribution in [2.75, 3.05) is 0 Å². The van der Waals surface area contributed by atoms with Crippen LogP contribution < -0.4 is 0 Å². The first kappa shape index (κ1) is 21.2. The Morgan fingerprint density at radius 2 is 1.38 bits per heavy atom. The van der Waals surface area contributed by atoms with Crippen LogP contribution in [0.4, 0.5) is 0 Å². The first-order valence-corrected chi connectivity index (χ1v) is 12.9. The Morgan fingerprint density at radius 3 is 1.71 bits per heavy atom. The van der Waals surface area contributed by atoms with Gasteiger partial charge in [0.25, 0.3) is 0 Å². The van der Waals surface area contributed by atoms with Crippen molar-refractivity contribution in [2.24, 2.45) is 28.6 Å². The molecule has 0 aromatic rings. The van der Waals surface area contributed by atoms with Gasteiger partial charge in [-0.3, -0.25) is 0 Å². The van der Waals surface area contributed by atoms with Crippen LogP contribution in [0.15, 0.2) is 0 Å². The standard InChI is InChI=1S/C20H44Si/c1-12-20(7,8)17(3)16(2)18(15-19(4,5)6)13-14-21(9,10)11/h16-18H,12-15H2,1-11H3. The van der Waals surface area contributed by atoms with Gasteiger partial charge in [-0.2, -0.15) is 0 Å². The van der Waals surface area contributed by atoms with Gasteiger partial charge >= 0.3 is 0 Å². The van der Waals surface area contributed by atoms with Crippen molar-refractivity contribution in [3.05, 3.63) is 0 Å². The van der Waals surface area contributed by atoms with E-state index in [1.807, 2.05) is 0 Å². The minimum atomic E-state index is -0.930. The molecule has 0 aliphatic heterocycles. The van der Waals surface area contributed by atoms with Crippen LogP contribution in [-0.4, -0.2) is 8.07 Å². The van der Waals surface area contributed by atoms with E-state index in [4.69, 9.17) is 0 Å². The Morgan fingerprint density at radius 1 is 0.905 bits per heavy atom. The Hall–Kier alpha value is 0.217. The van der Waals surface area contributed by atoms with Crippen LogP contribution in [-0.2, 0) is 0 Å². The molecule has 21 heavy (non-hydrogen) atoms. The predicted molar refractivity (Wildman–Crippen MR) is 103 cm³/mol. The first-order chi connectivity index (χ1) is 9.19. The second-order valence-corrected chi connectivity index (χ2v) is 16.2. The highest BCUT2D eigenvalue weighted by Crippen LogP contribution is 2.43. The maximum absolute atomic E-state index is 2.53. The second-order valence-electron chi connectivity index (χ2n) is 10.6. The van der Waals surface area contributed by atoms with Crippen molar-refractivity contribution >= 4 is 8.07 Å². The van der Waals surface area contributed by atoms with Crippen LogP contribution in [0.3, 0.4) is 0 Å². The molecule has 0 rings (SSSR count). The summed E-state index contributed by atoms with van der Waals surface area (Å²) in [5.74, 6) is 2.52. The molecule has 0 radical (unpaired) electrons. The van der Waals surface area contributed by atoms with Crippen LogP contribution in [0.5, 0.6) is 0 Å². The lowest BCUT2D eigenvalue weighted by Crippen LogP contribution is -2.33. The lowest BCUT2D eigenvalue weighted by atomic mass is 9.65. The van der Waals surface area contributed by atoms with Crippen molar-refractivity contribution in [1.82, 2.24) is 0 Å². The van der Waals surface area contributed by atoms with Crippen LogP contribution in [0, 0.1) is 28.6 Å². The molecular formula is C20H44Si. The van der Waals surface area contributed by atoms with E-state index in [2.05, 4.69) is 75.0 Å². The Balaban J connectivity index is 5.02. The minimum Gasteiger partial charge on any atom is -0.0695 e. The van der Waals surface area contributed by atoms with Gasteiger partial charge in [0.2, 0.25) is 0 Å². The van der Waals surface area contributed by atoms with E-state index in [1.54, 1.807) is 0 Å². The van der Waals surface area contributed by atoms with Crippen LogP contribution >= 0.6 is 0 Å². The summed E-state index contributed by atoms with van der Waals surface area (Å²) in [5, 5.41) is 0. The highest BCUT2D eigenvalue weighted by Gasteiger charge is 2.34. The summed E-state index contributed by atoms with van der Waals surface area (Å²) in [5.41, 5.74) is 0.920. The molecule has 3 atom stereocenters. The van der Waals surface area contributed by atoms with E-state index in [0.29, 0.717) is 10.8 Å². The second kappa shape index (κ2) is 7.66. The van der Waals surface area contributed by atoms with Gasteiger partial charge in [-0.15, -0.1) is 0 Å². The summed E-state index contributed by atoms with van der Waals surface area (Å²) < 4.78 is 0. The molecule has 3 unspecified atom stereocenters. The Labute approximate surface area is 137 Å². The van der Waals surface area contributed by atoms with Gasteiger partial charge in [0, 0.05) is 8.07 Å². The van der Waals surface area contributed by atoms with Crippen molar-refractivity contribution in [2.45, 2.75) is 100 Å². The molecule has 128 valence electrons. The first-order valence-electron chi connectivity index (χ1n) is 9.19. The summed E-state index contributed by atoms with van der Waals surface area (Å²) in [4.78, 5) is 0. The largest absolute Gasteiger partial charge is 0.0695 e. The number of hydrogen-bond acceptors (Lipinski definition) is 0. The zero-order valence-corrected chi connectivity index (χ0v) is 18.1. The average Bonchev–Trinajstić information content (AvgIpc) is 2.30. The minimum absolute atomic E-state index is 0.453. The molecule has 0 heterocycles. The molecule has 0 saturated heterocycles. The fraction of sp³-hybridized carbons (Fsp3) is 1.00. The van der Waals surface area contributed by atoms with Gasteiger partial charge in [0.1, 0.15) is 0 Å². The maximum atomic E-state index is 2.53. The molecule has 0 fully saturated rings. The zero-order valence-electron chi connectivity index (χ0n) is 17.1. The Kier molecular flexibility index (Phi) is 7.74. The molecule has 0 aromatic heterocycles. The quantitative estimate of drug-likeness (QED) is 0.408. The zero-order chi connectivity index (χ0) is 17.1. The Bertz CT molecular complexity index is 290. The summed E-state index contributed by atoms with van der Waals surface area (Å²) in [6, 6.07) is 1.48. The fourth-order valence-corrected chi connectivity index (χ4v) is 4.63. The number of hydrogen-bond donors (Lipinski definition) is 0. The van der Waals surface area contributed by atoms with Gasteiger partial charge in [0.05, 0.1) is 0 Å². The SMILES string of the molecule is CCC(C)(C)C(C)C(C)C(CC[Si](C)(C)C)CC(C)(C)C. The van der Waals surface area contributed by atoms with Gasteiger partial charge < -0.3 is 0 Å². The normalized spacial score (nSPS) is 18.4. The summed E-state index contributed by atoms with van der Waals surface area (Å²) in [6.07, 6.45) is 4.11. The third-order valence-electron chi connectivity index (χ3n) is 5.82. The smallest absolute Gasteiger partial charge is 0.0442 e. The van der Waals surface area contributed by atoms with Gasteiger partial charge in [-0.1, -0.05) is 93.9 Å². The van der Waals surface area contributed by atoms with E-state index in [1.165, 1.54) is 25.3 Å². The highest BCUT2D eigenvalue weighted by molar-refractivity contribution is 6.76. The topological polar surface area (TPSA) is 0 Å². The molecule has 0 spiro atoms. The van der Waals surface area contributed by atoms with Gasteiger partial charge in [-0.05, 0) is 35.0 Å². The average molecular weight is 313 g/mol. The molecule has 0 amide bonds. The monoisotopic (exact) mass is 312 g/mol. The molecular weight excluding hydrogens is 268 g/mol. The molecule has 1 heteroatoms. The molecule has 0 saturated carbocycles. The molecule has 0 nitrogen and oxygen atoms in total. The van der Waals surface area contributed by atoms with E-state index >= 15 is 0 Å². The van der Waals surface area contributed by atoms with E-state index in [0.717, 1.165) is 17.8 Å². The summed E-state index contributed by atoms with van der Waals surface area (Å²) >= 11 is 0. The van der Waals surface area contributed by atoms with Crippen molar-refractivity contribution in [1.29, 1.82) is 0 Å². The lowest BCUT2D eigenvalue weighted by Gasteiger charge is -2.41. The predicted octanol–water partition coefficient (Wildman–Crippen LogP) is 7.48.